The zero-order chi connectivity index (χ0) is 11.7. The zero-order valence-corrected chi connectivity index (χ0v) is 11.4. The second-order valence-electron chi connectivity index (χ2n) is 5.28. The van der Waals surface area contributed by atoms with E-state index in [2.05, 4.69) is 27.1 Å². The second kappa shape index (κ2) is 5.04. The Bertz CT molecular complexity index is 376. The molecule has 1 aromatic rings. The SMILES string of the molecule is Cc1nc(CN2CCN3CCCCC3C2)cs1. The minimum Gasteiger partial charge on any atom is -0.298 e. The molecule has 0 radical (unpaired) electrons. The van der Waals surface area contributed by atoms with Crippen molar-refractivity contribution < 1.29 is 0 Å². The van der Waals surface area contributed by atoms with Gasteiger partial charge in [-0.15, -0.1) is 11.3 Å². The van der Waals surface area contributed by atoms with Crippen LogP contribution >= 0.6 is 11.3 Å². The third-order valence-corrected chi connectivity index (χ3v) is 4.80. The number of thiazole rings is 1. The van der Waals surface area contributed by atoms with Crippen LogP contribution in [0.25, 0.3) is 0 Å². The molecule has 2 saturated heterocycles. The van der Waals surface area contributed by atoms with Gasteiger partial charge in [0.1, 0.15) is 0 Å². The van der Waals surface area contributed by atoms with Crippen molar-refractivity contribution in [1.29, 1.82) is 0 Å². The van der Waals surface area contributed by atoms with E-state index >= 15 is 0 Å². The van der Waals surface area contributed by atoms with Crippen molar-refractivity contribution in [3.8, 4) is 0 Å². The number of piperidine rings is 1. The highest BCUT2D eigenvalue weighted by atomic mass is 32.1. The van der Waals surface area contributed by atoms with Gasteiger partial charge in [0.2, 0.25) is 0 Å². The van der Waals surface area contributed by atoms with Crippen LogP contribution in [-0.4, -0.2) is 47.0 Å². The van der Waals surface area contributed by atoms with Crippen LogP contribution in [0.5, 0.6) is 0 Å². The molecule has 1 aromatic heterocycles. The van der Waals surface area contributed by atoms with Crippen molar-refractivity contribution in [2.24, 2.45) is 0 Å². The van der Waals surface area contributed by atoms with Gasteiger partial charge in [0, 0.05) is 37.6 Å². The van der Waals surface area contributed by atoms with Crippen molar-refractivity contribution in [2.75, 3.05) is 26.2 Å². The molecule has 2 aliphatic rings. The summed E-state index contributed by atoms with van der Waals surface area (Å²) in [7, 11) is 0. The van der Waals surface area contributed by atoms with Gasteiger partial charge in [0.15, 0.2) is 0 Å². The van der Waals surface area contributed by atoms with Gasteiger partial charge in [-0.25, -0.2) is 4.98 Å². The first-order valence-electron chi connectivity index (χ1n) is 6.69. The molecule has 3 nitrogen and oxygen atoms in total. The Morgan fingerprint density at radius 1 is 1.35 bits per heavy atom. The van der Waals surface area contributed by atoms with Gasteiger partial charge >= 0.3 is 0 Å². The van der Waals surface area contributed by atoms with Crippen LogP contribution in [0.3, 0.4) is 0 Å². The smallest absolute Gasteiger partial charge is 0.0897 e. The molecule has 0 bridgehead atoms. The molecule has 2 aliphatic heterocycles. The van der Waals surface area contributed by atoms with Crippen LogP contribution in [0.2, 0.25) is 0 Å². The van der Waals surface area contributed by atoms with Crippen molar-refractivity contribution in [3.05, 3.63) is 16.1 Å². The fourth-order valence-electron chi connectivity index (χ4n) is 3.07. The Hall–Kier alpha value is -0.450. The normalized spacial score (nSPS) is 27.0. The number of nitrogens with zero attached hydrogens (tertiary/aromatic N) is 3. The molecule has 2 fully saturated rings. The molecule has 94 valence electrons. The minimum atomic E-state index is 0.817. The number of rotatable bonds is 2. The van der Waals surface area contributed by atoms with Crippen molar-refractivity contribution in [1.82, 2.24) is 14.8 Å². The topological polar surface area (TPSA) is 19.4 Å². The number of piperazine rings is 1. The van der Waals surface area contributed by atoms with Gasteiger partial charge in [-0.2, -0.15) is 0 Å². The fourth-order valence-corrected chi connectivity index (χ4v) is 3.68. The first-order chi connectivity index (χ1) is 8.31. The number of hydrogen-bond acceptors (Lipinski definition) is 4. The first kappa shape index (κ1) is 11.6. The number of aryl methyl sites for hydroxylation is 1. The van der Waals surface area contributed by atoms with Gasteiger partial charge in [-0.3, -0.25) is 9.80 Å². The van der Waals surface area contributed by atoms with E-state index in [-0.39, 0.29) is 0 Å². The van der Waals surface area contributed by atoms with Gasteiger partial charge < -0.3 is 0 Å². The van der Waals surface area contributed by atoms with Crippen LogP contribution in [0, 0.1) is 6.92 Å². The lowest BCUT2D eigenvalue weighted by molar-refractivity contribution is 0.0452. The summed E-state index contributed by atoms with van der Waals surface area (Å²) < 4.78 is 0. The Morgan fingerprint density at radius 3 is 3.12 bits per heavy atom. The molecule has 0 spiro atoms. The van der Waals surface area contributed by atoms with E-state index in [9.17, 15) is 0 Å². The second-order valence-corrected chi connectivity index (χ2v) is 6.34. The lowest BCUT2D eigenvalue weighted by atomic mass is 9.99. The minimum absolute atomic E-state index is 0.817. The van der Waals surface area contributed by atoms with Gasteiger partial charge in [0.25, 0.3) is 0 Å². The van der Waals surface area contributed by atoms with Crippen LogP contribution in [0.15, 0.2) is 5.38 Å². The van der Waals surface area contributed by atoms with E-state index in [1.54, 1.807) is 11.3 Å². The number of aromatic nitrogens is 1. The molecule has 1 unspecified atom stereocenters. The van der Waals surface area contributed by atoms with Crippen molar-refractivity contribution >= 4 is 11.3 Å². The maximum Gasteiger partial charge on any atom is 0.0897 e. The Balaban J connectivity index is 1.58. The maximum atomic E-state index is 4.57. The monoisotopic (exact) mass is 251 g/mol. The average molecular weight is 251 g/mol. The summed E-state index contributed by atoms with van der Waals surface area (Å²) in [6.07, 6.45) is 4.22. The molecular formula is C13H21N3S. The van der Waals surface area contributed by atoms with E-state index < -0.39 is 0 Å². The van der Waals surface area contributed by atoms with E-state index in [0.717, 1.165) is 12.6 Å². The molecule has 3 rings (SSSR count). The average Bonchev–Trinajstić information content (AvgIpc) is 2.75. The van der Waals surface area contributed by atoms with Crippen molar-refractivity contribution in [2.45, 2.75) is 38.8 Å². The predicted octanol–water partition coefficient (Wildman–Crippen LogP) is 2.12. The van der Waals surface area contributed by atoms with Crippen LogP contribution < -0.4 is 0 Å². The highest BCUT2D eigenvalue weighted by Gasteiger charge is 2.28. The van der Waals surface area contributed by atoms with E-state index in [0.29, 0.717) is 0 Å². The predicted molar refractivity (Wildman–Crippen MR) is 71.3 cm³/mol. The Kier molecular flexibility index (Phi) is 3.45. The van der Waals surface area contributed by atoms with Gasteiger partial charge in [-0.05, 0) is 26.3 Å². The molecule has 17 heavy (non-hydrogen) atoms. The van der Waals surface area contributed by atoms with Crippen LogP contribution in [0.1, 0.15) is 30.0 Å². The highest BCUT2D eigenvalue weighted by Crippen LogP contribution is 2.22. The largest absolute Gasteiger partial charge is 0.298 e. The highest BCUT2D eigenvalue weighted by molar-refractivity contribution is 7.09. The summed E-state index contributed by atoms with van der Waals surface area (Å²) in [6.45, 7) is 8.19. The molecule has 4 heteroatoms. The number of fused-ring (bicyclic) bond motifs is 1. The van der Waals surface area contributed by atoms with Crippen LogP contribution in [-0.2, 0) is 6.54 Å². The summed E-state index contributed by atoms with van der Waals surface area (Å²) >= 11 is 1.77. The zero-order valence-electron chi connectivity index (χ0n) is 10.6. The summed E-state index contributed by atoms with van der Waals surface area (Å²) in [5.74, 6) is 0. The van der Waals surface area contributed by atoms with E-state index in [1.165, 1.54) is 56.1 Å². The maximum absolute atomic E-state index is 4.57. The Labute approximate surface area is 107 Å². The molecule has 0 saturated carbocycles. The third kappa shape index (κ3) is 2.69. The summed E-state index contributed by atoms with van der Waals surface area (Å²) in [4.78, 5) is 9.84. The molecule has 0 amide bonds. The summed E-state index contributed by atoms with van der Waals surface area (Å²) in [5, 5.41) is 3.40. The van der Waals surface area contributed by atoms with Gasteiger partial charge in [-0.1, -0.05) is 6.42 Å². The van der Waals surface area contributed by atoms with Gasteiger partial charge in [0.05, 0.1) is 10.7 Å². The summed E-state index contributed by atoms with van der Waals surface area (Å²) in [5.41, 5.74) is 1.26. The van der Waals surface area contributed by atoms with Crippen LogP contribution in [0.4, 0.5) is 0 Å². The molecule has 1 atom stereocenters. The molecular weight excluding hydrogens is 230 g/mol. The van der Waals surface area contributed by atoms with E-state index in [1.807, 2.05) is 0 Å². The molecule has 0 aromatic carbocycles. The molecule has 0 N–H and O–H groups in total. The lowest BCUT2D eigenvalue weighted by Crippen LogP contribution is -2.54. The summed E-state index contributed by atoms with van der Waals surface area (Å²) in [6, 6.07) is 0.817. The molecule has 0 aliphatic carbocycles. The lowest BCUT2D eigenvalue weighted by Gasteiger charge is -2.43. The van der Waals surface area contributed by atoms with Crippen molar-refractivity contribution in [3.63, 3.8) is 0 Å². The Morgan fingerprint density at radius 2 is 2.29 bits per heavy atom. The van der Waals surface area contributed by atoms with E-state index in [4.69, 9.17) is 0 Å². The third-order valence-electron chi connectivity index (χ3n) is 3.97. The first-order valence-corrected chi connectivity index (χ1v) is 7.56. The quantitative estimate of drug-likeness (QED) is 0.802. The molecule has 3 heterocycles. The standard InChI is InChI=1S/C13H21N3S/c1-11-14-12(10-17-11)8-15-6-7-16-5-3-2-4-13(16)9-15/h10,13H,2-9H2,1H3. The fraction of sp³-hybridized carbons (Fsp3) is 0.769. The number of hydrogen-bond donors (Lipinski definition) is 0.